The van der Waals surface area contributed by atoms with Crippen LogP contribution < -0.4 is 16.0 Å². The van der Waals surface area contributed by atoms with Crippen molar-refractivity contribution < 1.29 is 9.47 Å². The number of ether oxygens (including phenoxy) is 2. The van der Waals surface area contributed by atoms with E-state index in [0.717, 1.165) is 24.0 Å². The predicted octanol–water partition coefficient (Wildman–Crippen LogP) is 2.79. The zero-order chi connectivity index (χ0) is 22.1. The van der Waals surface area contributed by atoms with E-state index in [2.05, 4.69) is 4.98 Å². The summed E-state index contributed by atoms with van der Waals surface area (Å²) in [7, 11) is 1.61. The van der Waals surface area contributed by atoms with Crippen LogP contribution in [0.3, 0.4) is 0 Å². The second-order valence-electron chi connectivity index (χ2n) is 7.92. The van der Waals surface area contributed by atoms with E-state index in [9.17, 15) is 9.59 Å². The van der Waals surface area contributed by atoms with E-state index in [1.54, 1.807) is 7.11 Å². The fourth-order valence-corrected chi connectivity index (χ4v) is 4.24. The number of aromatic amines is 1. The first-order valence-corrected chi connectivity index (χ1v) is 10.7. The Morgan fingerprint density at radius 3 is 2.72 bits per heavy atom. The lowest BCUT2D eigenvalue weighted by atomic mass is 10.2. The standard InChI is InChI=1S/C24H24N4O4/c1-31-18-10-5-9-17(13-18)21-25-22-20(27(21)15-19-11-6-12-32-19)23(29)26-24(30)28(22)14-16-7-3-2-4-8-16/h2-5,7-10,13,19H,6,11-12,14-15H2,1H3,(H,26,29,30)/t19-/m1/s1. The van der Waals surface area contributed by atoms with Crippen LogP contribution in [0.4, 0.5) is 0 Å². The fraction of sp³-hybridized carbons (Fsp3) is 0.292. The first kappa shape index (κ1) is 20.3. The zero-order valence-electron chi connectivity index (χ0n) is 17.8. The third-order valence-electron chi connectivity index (χ3n) is 5.81. The maximum Gasteiger partial charge on any atom is 0.330 e. The highest BCUT2D eigenvalue weighted by Crippen LogP contribution is 2.28. The molecule has 2 aromatic heterocycles. The van der Waals surface area contributed by atoms with E-state index in [1.807, 2.05) is 59.2 Å². The van der Waals surface area contributed by atoms with E-state index in [4.69, 9.17) is 14.5 Å². The molecule has 0 amide bonds. The smallest absolute Gasteiger partial charge is 0.330 e. The molecule has 5 rings (SSSR count). The van der Waals surface area contributed by atoms with Crippen LogP contribution in [-0.4, -0.2) is 38.9 Å². The van der Waals surface area contributed by atoms with Crippen molar-refractivity contribution >= 4 is 11.2 Å². The van der Waals surface area contributed by atoms with Gasteiger partial charge in [-0.3, -0.25) is 14.3 Å². The van der Waals surface area contributed by atoms with Crippen molar-refractivity contribution in [3.8, 4) is 17.1 Å². The average molecular weight is 432 g/mol. The van der Waals surface area contributed by atoms with Gasteiger partial charge in [0.1, 0.15) is 11.6 Å². The van der Waals surface area contributed by atoms with Crippen molar-refractivity contribution in [1.29, 1.82) is 0 Å². The van der Waals surface area contributed by atoms with Gasteiger partial charge in [-0.05, 0) is 30.5 Å². The molecule has 1 fully saturated rings. The molecule has 3 heterocycles. The normalized spacial score (nSPS) is 16.0. The lowest BCUT2D eigenvalue weighted by Gasteiger charge is -2.14. The van der Waals surface area contributed by atoms with Crippen LogP contribution in [0.1, 0.15) is 18.4 Å². The van der Waals surface area contributed by atoms with Gasteiger partial charge in [0.15, 0.2) is 11.2 Å². The molecule has 1 saturated heterocycles. The Kier molecular flexibility index (Phi) is 5.36. The van der Waals surface area contributed by atoms with Gasteiger partial charge in [-0.25, -0.2) is 9.78 Å². The highest BCUT2D eigenvalue weighted by Gasteiger charge is 2.24. The van der Waals surface area contributed by atoms with Gasteiger partial charge in [0.05, 0.1) is 26.3 Å². The van der Waals surface area contributed by atoms with E-state index < -0.39 is 11.2 Å². The van der Waals surface area contributed by atoms with E-state index >= 15 is 0 Å². The molecule has 1 N–H and O–H groups in total. The highest BCUT2D eigenvalue weighted by molar-refractivity contribution is 5.77. The van der Waals surface area contributed by atoms with Gasteiger partial charge in [-0.15, -0.1) is 0 Å². The van der Waals surface area contributed by atoms with Crippen LogP contribution in [-0.2, 0) is 17.8 Å². The molecule has 0 unspecified atom stereocenters. The number of hydrogen-bond acceptors (Lipinski definition) is 5. The predicted molar refractivity (Wildman–Crippen MR) is 121 cm³/mol. The number of fused-ring (bicyclic) bond motifs is 1. The van der Waals surface area contributed by atoms with Crippen molar-refractivity contribution in [2.75, 3.05) is 13.7 Å². The summed E-state index contributed by atoms with van der Waals surface area (Å²) in [5.41, 5.74) is 1.54. The Morgan fingerprint density at radius 2 is 1.97 bits per heavy atom. The molecule has 8 heteroatoms. The second-order valence-corrected chi connectivity index (χ2v) is 7.92. The molecule has 0 radical (unpaired) electrons. The minimum Gasteiger partial charge on any atom is -0.497 e. The number of methoxy groups -OCH3 is 1. The quantitative estimate of drug-likeness (QED) is 0.506. The Morgan fingerprint density at radius 1 is 1.12 bits per heavy atom. The number of H-pyrrole nitrogens is 1. The van der Waals surface area contributed by atoms with Crippen LogP contribution >= 0.6 is 0 Å². The molecule has 1 aliphatic heterocycles. The number of aromatic nitrogens is 4. The number of benzene rings is 2. The minimum atomic E-state index is -0.481. The SMILES string of the molecule is COc1cccc(-c2nc3c(c(=O)[nH]c(=O)n3Cc3ccccc3)n2C[C@H]2CCCO2)c1. The van der Waals surface area contributed by atoms with Crippen molar-refractivity contribution in [2.45, 2.75) is 32.0 Å². The van der Waals surface area contributed by atoms with Crippen molar-refractivity contribution in [2.24, 2.45) is 0 Å². The summed E-state index contributed by atoms with van der Waals surface area (Å²) in [5.74, 6) is 1.29. The summed E-state index contributed by atoms with van der Waals surface area (Å²) in [5, 5.41) is 0. The first-order chi connectivity index (χ1) is 15.6. The summed E-state index contributed by atoms with van der Waals surface area (Å²) >= 11 is 0. The Bertz CT molecular complexity index is 1360. The monoisotopic (exact) mass is 432 g/mol. The molecule has 8 nitrogen and oxygen atoms in total. The third kappa shape index (κ3) is 3.73. The van der Waals surface area contributed by atoms with Crippen LogP contribution in [0.25, 0.3) is 22.6 Å². The lowest BCUT2D eigenvalue weighted by molar-refractivity contribution is 0.0982. The zero-order valence-corrected chi connectivity index (χ0v) is 17.8. The molecule has 1 atom stereocenters. The number of rotatable bonds is 6. The second kappa shape index (κ2) is 8.47. The van der Waals surface area contributed by atoms with Crippen molar-refractivity contribution in [3.63, 3.8) is 0 Å². The van der Waals surface area contributed by atoms with Gasteiger partial charge in [0.2, 0.25) is 0 Å². The van der Waals surface area contributed by atoms with Crippen LogP contribution in [0.2, 0.25) is 0 Å². The molecular weight excluding hydrogens is 408 g/mol. The Labute approximate surface area is 184 Å². The number of nitrogens with one attached hydrogen (secondary N) is 1. The molecule has 0 saturated carbocycles. The van der Waals surface area contributed by atoms with Crippen molar-refractivity contribution in [1.82, 2.24) is 19.1 Å². The average Bonchev–Trinajstić information content (AvgIpc) is 3.46. The maximum atomic E-state index is 13.0. The Hall–Kier alpha value is -3.65. The van der Waals surface area contributed by atoms with Crippen LogP contribution in [0, 0.1) is 0 Å². The summed E-state index contributed by atoms with van der Waals surface area (Å²) in [4.78, 5) is 33.0. The number of hydrogen-bond donors (Lipinski definition) is 1. The maximum absolute atomic E-state index is 13.0. The molecule has 4 aromatic rings. The lowest BCUT2D eigenvalue weighted by Crippen LogP contribution is -2.32. The molecule has 0 aliphatic carbocycles. The summed E-state index contributed by atoms with van der Waals surface area (Å²) < 4.78 is 14.6. The van der Waals surface area contributed by atoms with Gasteiger partial charge in [0, 0.05) is 12.2 Å². The topological polar surface area (TPSA) is 91.1 Å². The van der Waals surface area contributed by atoms with E-state index in [1.165, 1.54) is 4.57 Å². The molecule has 2 aromatic carbocycles. The van der Waals surface area contributed by atoms with Gasteiger partial charge in [0.25, 0.3) is 5.56 Å². The van der Waals surface area contributed by atoms with Gasteiger partial charge < -0.3 is 14.0 Å². The minimum absolute atomic E-state index is 0.00865. The van der Waals surface area contributed by atoms with Gasteiger partial charge in [-0.2, -0.15) is 0 Å². The molecule has 164 valence electrons. The largest absolute Gasteiger partial charge is 0.497 e. The molecule has 0 spiro atoms. The molecular formula is C24H24N4O4. The van der Waals surface area contributed by atoms with Gasteiger partial charge >= 0.3 is 5.69 Å². The number of nitrogens with zero attached hydrogens (tertiary/aromatic N) is 3. The Balaban J connectivity index is 1.74. The molecule has 32 heavy (non-hydrogen) atoms. The van der Waals surface area contributed by atoms with Crippen LogP contribution in [0.5, 0.6) is 5.75 Å². The molecule has 1 aliphatic rings. The van der Waals surface area contributed by atoms with Crippen molar-refractivity contribution in [3.05, 3.63) is 81.0 Å². The summed E-state index contributed by atoms with van der Waals surface area (Å²) in [6, 6.07) is 17.2. The fourth-order valence-electron chi connectivity index (χ4n) is 4.24. The van der Waals surface area contributed by atoms with E-state index in [0.29, 0.717) is 42.4 Å². The molecule has 0 bridgehead atoms. The summed E-state index contributed by atoms with van der Waals surface area (Å²) in [6.45, 7) is 1.50. The van der Waals surface area contributed by atoms with Crippen LogP contribution in [0.15, 0.2) is 64.2 Å². The van der Waals surface area contributed by atoms with Gasteiger partial charge in [-0.1, -0.05) is 42.5 Å². The summed E-state index contributed by atoms with van der Waals surface area (Å²) in [6.07, 6.45) is 1.89. The highest BCUT2D eigenvalue weighted by atomic mass is 16.5. The number of imidazole rings is 1. The van der Waals surface area contributed by atoms with E-state index in [-0.39, 0.29) is 6.10 Å². The third-order valence-corrected chi connectivity index (χ3v) is 5.81. The first-order valence-electron chi connectivity index (χ1n) is 10.7.